The van der Waals surface area contributed by atoms with Gasteiger partial charge in [0.25, 0.3) is 5.91 Å². The summed E-state index contributed by atoms with van der Waals surface area (Å²) in [4.78, 5) is 13.9. The predicted molar refractivity (Wildman–Crippen MR) is 87.4 cm³/mol. The molecule has 0 saturated heterocycles. The Kier molecular flexibility index (Phi) is 4.18. The van der Waals surface area contributed by atoms with E-state index in [-0.39, 0.29) is 5.91 Å². The molecule has 22 heavy (non-hydrogen) atoms. The van der Waals surface area contributed by atoms with Gasteiger partial charge in [-0.15, -0.1) is 11.3 Å². The molecule has 1 heterocycles. The summed E-state index contributed by atoms with van der Waals surface area (Å²) in [5, 5.41) is 12.9. The van der Waals surface area contributed by atoms with E-state index in [0.717, 1.165) is 29.7 Å². The molecule has 0 aliphatic heterocycles. The van der Waals surface area contributed by atoms with E-state index in [1.807, 2.05) is 36.4 Å². The Hall–Kier alpha value is -1.85. The van der Waals surface area contributed by atoms with E-state index >= 15 is 0 Å². The highest BCUT2D eigenvalue weighted by atomic mass is 32.1. The molecular weight excluding hydrogens is 298 g/mol. The Balaban J connectivity index is 1.77. The normalized spacial score (nSPS) is 15.9. The predicted octanol–water partition coefficient (Wildman–Crippen LogP) is 3.07. The van der Waals surface area contributed by atoms with Gasteiger partial charge in [-0.1, -0.05) is 30.3 Å². The average Bonchev–Trinajstić information content (AvgIpc) is 2.96. The fraction of sp³-hybridized carbons (Fsp3) is 0.353. The number of methoxy groups -OCH3 is 1. The summed E-state index contributed by atoms with van der Waals surface area (Å²) in [7, 11) is 1.56. The number of ether oxygens (including phenoxy) is 1. The lowest BCUT2D eigenvalue weighted by Crippen LogP contribution is -2.47. The molecule has 2 N–H and O–H groups in total. The fourth-order valence-electron chi connectivity index (χ4n) is 2.52. The molecule has 0 bridgehead atoms. The van der Waals surface area contributed by atoms with Crippen LogP contribution in [0, 0.1) is 0 Å². The molecule has 1 aromatic carbocycles. The molecule has 0 unspecified atom stereocenters. The fourth-order valence-corrected chi connectivity index (χ4v) is 3.56. The molecule has 1 aliphatic carbocycles. The molecule has 5 heteroatoms. The van der Waals surface area contributed by atoms with Gasteiger partial charge in [0, 0.05) is 11.4 Å². The molecule has 4 nitrogen and oxygen atoms in total. The second-order valence-electron chi connectivity index (χ2n) is 5.63. The van der Waals surface area contributed by atoms with E-state index in [0.29, 0.717) is 17.2 Å². The summed E-state index contributed by atoms with van der Waals surface area (Å²) >= 11 is 1.40. The van der Waals surface area contributed by atoms with Crippen molar-refractivity contribution in [1.82, 2.24) is 5.32 Å². The summed E-state index contributed by atoms with van der Waals surface area (Å²) in [6, 6.07) is 11.8. The third-order valence-electron chi connectivity index (χ3n) is 4.04. The summed E-state index contributed by atoms with van der Waals surface area (Å²) in [6.45, 7) is 0.299. The van der Waals surface area contributed by atoms with Crippen LogP contribution in [-0.4, -0.2) is 30.3 Å². The van der Waals surface area contributed by atoms with Crippen molar-refractivity contribution in [2.24, 2.45) is 0 Å². The second kappa shape index (κ2) is 6.10. The van der Waals surface area contributed by atoms with Gasteiger partial charge < -0.3 is 15.2 Å². The van der Waals surface area contributed by atoms with Crippen molar-refractivity contribution in [1.29, 1.82) is 0 Å². The van der Waals surface area contributed by atoms with Crippen LogP contribution in [0.2, 0.25) is 0 Å². The molecule has 0 atom stereocenters. The first kappa shape index (κ1) is 15.1. The Morgan fingerprint density at radius 3 is 2.68 bits per heavy atom. The van der Waals surface area contributed by atoms with Crippen LogP contribution >= 0.6 is 11.3 Å². The molecule has 116 valence electrons. The average molecular weight is 317 g/mol. The van der Waals surface area contributed by atoms with Crippen molar-refractivity contribution < 1.29 is 14.6 Å². The molecule has 1 aliphatic rings. The molecule has 1 aromatic heterocycles. The molecular formula is C17H19NO3S. The number of carbonyl (C=O) groups is 1. The van der Waals surface area contributed by atoms with Gasteiger partial charge in [-0.25, -0.2) is 0 Å². The summed E-state index contributed by atoms with van der Waals surface area (Å²) in [5.41, 5.74) is 0.338. The van der Waals surface area contributed by atoms with Crippen molar-refractivity contribution in [3.05, 3.63) is 41.3 Å². The Bertz CT molecular complexity index is 662. The first-order valence-corrected chi connectivity index (χ1v) is 8.17. The Labute approximate surface area is 133 Å². The highest BCUT2D eigenvalue weighted by molar-refractivity contribution is 7.17. The number of rotatable bonds is 5. The van der Waals surface area contributed by atoms with Gasteiger partial charge >= 0.3 is 0 Å². The molecule has 1 fully saturated rings. The molecule has 3 rings (SSSR count). The third kappa shape index (κ3) is 3.00. The number of benzene rings is 1. The minimum Gasteiger partial charge on any atom is -0.495 e. The van der Waals surface area contributed by atoms with Gasteiger partial charge in [0.1, 0.15) is 10.6 Å². The highest BCUT2D eigenvalue weighted by Crippen LogP contribution is 2.36. The van der Waals surface area contributed by atoms with Gasteiger partial charge in [0.05, 0.1) is 12.7 Å². The first-order valence-electron chi connectivity index (χ1n) is 7.35. The van der Waals surface area contributed by atoms with Crippen molar-refractivity contribution in [3.8, 4) is 16.2 Å². The van der Waals surface area contributed by atoms with Gasteiger partial charge in [0.15, 0.2) is 0 Å². The van der Waals surface area contributed by atoms with Crippen molar-refractivity contribution in [3.63, 3.8) is 0 Å². The number of thiophene rings is 1. The van der Waals surface area contributed by atoms with Crippen molar-refractivity contribution >= 4 is 17.2 Å². The largest absolute Gasteiger partial charge is 0.495 e. The maximum Gasteiger partial charge on any atom is 0.265 e. The highest BCUT2D eigenvalue weighted by Gasteiger charge is 2.35. The topological polar surface area (TPSA) is 58.6 Å². The zero-order valence-electron chi connectivity index (χ0n) is 12.5. The lowest BCUT2D eigenvalue weighted by atomic mass is 9.80. The minimum absolute atomic E-state index is 0.190. The number of amides is 1. The summed E-state index contributed by atoms with van der Waals surface area (Å²) in [6.07, 6.45) is 2.53. The smallest absolute Gasteiger partial charge is 0.265 e. The first-order chi connectivity index (χ1) is 10.6. The van der Waals surface area contributed by atoms with Crippen LogP contribution in [0.25, 0.3) is 10.4 Å². The zero-order chi connectivity index (χ0) is 15.6. The Morgan fingerprint density at radius 1 is 1.36 bits per heavy atom. The number of hydrogen-bond donors (Lipinski definition) is 2. The lowest BCUT2D eigenvalue weighted by molar-refractivity contribution is -0.0300. The molecule has 1 amide bonds. The van der Waals surface area contributed by atoms with Crippen LogP contribution in [0.3, 0.4) is 0 Å². The van der Waals surface area contributed by atoms with Crippen LogP contribution < -0.4 is 10.1 Å². The van der Waals surface area contributed by atoms with E-state index in [1.54, 1.807) is 7.11 Å². The lowest BCUT2D eigenvalue weighted by Gasteiger charge is -2.36. The van der Waals surface area contributed by atoms with Gasteiger partial charge in [-0.2, -0.15) is 0 Å². The SMILES string of the molecule is COc1cc(-c2ccccc2)sc1C(=O)NCC1(O)CCC1. The van der Waals surface area contributed by atoms with Crippen LogP contribution in [0.15, 0.2) is 36.4 Å². The number of carbonyl (C=O) groups excluding carboxylic acids is 1. The van der Waals surface area contributed by atoms with Crippen LogP contribution in [0.1, 0.15) is 28.9 Å². The molecule has 0 radical (unpaired) electrons. The van der Waals surface area contributed by atoms with Crippen molar-refractivity contribution in [2.45, 2.75) is 24.9 Å². The van der Waals surface area contributed by atoms with Crippen LogP contribution in [0.5, 0.6) is 5.75 Å². The van der Waals surface area contributed by atoms with Gasteiger partial charge in [0.2, 0.25) is 0 Å². The zero-order valence-corrected chi connectivity index (χ0v) is 13.3. The molecule has 2 aromatic rings. The monoisotopic (exact) mass is 317 g/mol. The maximum absolute atomic E-state index is 12.4. The quantitative estimate of drug-likeness (QED) is 0.891. The standard InChI is InChI=1S/C17H19NO3S/c1-21-13-10-14(12-6-3-2-4-7-12)22-15(13)16(19)18-11-17(20)8-5-9-17/h2-4,6-7,10,20H,5,8-9,11H2,1H3,(H,18,19). The minimum atomic E-state index is -0.720. The number of hydrogen-bond acceptors (Lipinski definition) is 4. The van der Waals surface area contributed by atoms with E-state index in [1.165, 1.54) is 11.3 Å². The van der Waals surface area contributed by atoms with Crippen LogP contribution in [-0.2, 0) is 0 Å². The summed E-state index contributed by atoms with van der Waals surface area (Å²) in [5.74, 6) is 0.381. The maximum atomic E-state index is 12.4. The summed E-state index contributed by atoms with van der Waals surface area (Å²) < 4.78 is 5.33. The Morgan fingerprint density at radius 2 is 2.09 bits per heavy atom. The molecule has 0 spiro atoms. The van der Waals surface area contributed by atoms with E-state index in [4.69, 9.17) is 4.74 Å². The number of nitrogens with one attached hydrogen (secondary N) is 1. The van der Waals surface area contributed by atoms with E-state index in [9.17, 15) is 9.90 Å². The van der Waals surface area contributed by atoms with E-state index in [2.05, 4.69) is 5.32 Å². The van der Waals surface area contributed by atoms with E-state index < -0.39 is 5.60 Å². The van der Waals surface area contributed by atoms with Crippen LogP contribution in [0.4, 0.5) is 0 Å². The van der Waals surface area contributed by atoms with Gasteiger partial charge in [-0.05, 0) is 30.9 Å². The van der Waals surface area contributed by atoms with Gasteiger partial charge in [-0.3, -0.25) is 4.79 Å². The van der Waals surface area contributed by atoms with Crippen molar-refractivity contribution in [2.75, 3.05) is 13.7 Å². The third-order valence-corrected chi connectivity index (χ3v) is 5.21. The second-order valence-corrected chi connectivity index (χ2v) is 6.69. The molecule has 1 saturated carbocycles. The number of aliphatic hydroxyl groups is 1.